The van der Waals surface area contributed by atoms with Crippen LogP contribution in [-0.2, 0) is 11.4 Å². The molecule has 0 saturated heterocycles. The fourth-order valence-electron chi connectivity index (χ4n) is 4.30. The number of rotatable bonds is 12. The van der Waals surface area contributed by atoms with Crippen molar-refractivity contribution in [3.8, 4) is 5.75 Å². The molecule has 4 nitrogen and oxygen atoms in total. The molecule has 38 heavy (non-hydrogen) atoms. The molecule has 0 bridgehead atoms. The maximum absolute atomic E-state index is 5.95. The number of hydrogen-bond acceptors (Lipinski definition) is 4. The Bertz CT molecular complexity index is 1330. The molecule has 0 aliphatic carbocycles. The Morgan fingerprint density at radius 2 is 1.45 bits per heavy atom. The van der Waals surface area contributed by atoms with Gasteiger partial charge in [0.2, 0.25) is 0 Å². The molecule has 0 radical (unpaired) electrons. The second-order valence-electron chi connectivity index (χ2n) is 9.37. The fraction of sp³-hybridized carbons (Fsp3) is 0.206. The van der Waals surface area contributed by atoms with E-state index in [-0.39, 0.29) is 0 Å². The van der Waals surface area contributed by atoms with Gasteiger partial charge in [-0.2, -0.15) is 0 Å². The Kier molecular flexibility index (Phi) is 9.89. The summed E-state index contributed by atoms with van der Waals surface area (Å²) in [5, 5.41) is 4.22. The largest absolute Gasteiger partial charge is 0.492 e. The van der Waals surface area contributed by atoms with Crippen molar-refractivity contribution in [2.75, 3.05) is 27.2 Å². The predicted octanol–water partition coefficient (Wildman–Crippen LogP) is 7.55. The minimum absolute atomic E-state index is 0.444. The first-order valence-corrected chi connectivity index (χ1v) is 13.1. The molecule has 4 rings (SSSR count). The summed E-state index contributed by atoms with van der Waals surface area (Å²) < 4.78 is 5.95. The highest BCUT2D eigenvalue weighted by atomic mass is 16.6. The molecule has 0 aliphatic rings. The zero-order valence-electron chi connectivity index (χ0n) is 22.5. The topological polar surface area (TPSA) is 34.1 Å². The van der Waals surface area contributed by atoms with E-state index < -0.39 is 0 Å². The van der Waals surface area contributed by atoms with Crippen molar-refractivity contribution < 1.29 is 9.57 Å². The van der Waals surface area contributed by atoms with Crippen molar-refractivity contribution in [1.29, 1.82) is 0 Å². The van der Waals surface area contributed by atoms with Gasteiger partial charge in [-0.25, -0.2) is 0 Å². The van der Waals surface area contributed by atoms with Crippen LogP contribution in [0.2, 0.25) is 0 Å². The smallest absolute Gasteiger partial charge is 0.142 e. The standard InChI is InChI=1S/C34H36N2O2/c1-4-33(29-15-9-6-10-16-29)34(30-18-20-32(21-19-30)37-23-22-36(2)3)31-17-11-14-28(24-31)25-35-38-26-27-12-7-5-8-13-27/h5-21,24-25H,4,22-23,26H2,1-3H3/b34-33+,35-25+. The van der Waals surface area contributed by atoms with E-state index in [9.17, 15) is 0 Å². The lowest BCUT2D eigenvalue weighted by atomic mass is 9.87. The Balaban J connectivity index is 1.63. The van der Waals surface area contributed by atoms with Crippen molar-refractivity contribution in [3.63, 3.8) is 0 Å². The SMILES string of the molecule is CC/C(=C(/c1ccc(OCCN(C)C)cc1)c1cccc(/C=N/OCc2ccccc2)c1)c1ccccc1. The van der Waals surface area contributed by atoms with E-state index in [1.54, 1.807) is 6.21 Å². The van der Waals surface area contributed by atoms with Crippen LogP contribution in [0.15, 0.2) is 114 Å². The lowest BCUT2D eigenvalue weighted by molar-refractivity contribution is 0.132. The summed E-state index contributed by atoms with van der Waals surface area (Å²) in [6.07, 6.45) is 2.68. The molecule has 0 atom stereocenters. The molecule has 0 aromatic heterocycles. The summed E-state index contributed by atoms with van der Waals surface area (Å²) in [7, 11) is 4.10. The summed E-state index contributed by atoms with van der Waals surface area (Å²) in [6.45, 7) is 4.19. The van der Waals surface area contributed by atoms with Crippen LogP contribution in [0, 0.1) is 0 Å². The quantitative estimate of drug-likeness (QED) is 0.113. The highest BCUT2D eigenvalue weighted by Gasteiger charge is 2.14. The Labute approximate surface area is 226 Å². The van der Waals surface area contributed by atoms with Gasteiger partial charge < -0.3 is 14.5 Å². The summed E-state index contributed by atoms with van der Waals surface area (Å²) in [5.41, 5.74) is 8.09. The molecule has 0 fully saturated rings. The lowest BCUT2D eigenvalue weighted by Gasteiger charge is -2.17. The number of likely N-dealkylation sites (N-methyl/N-ethyl adjacent to an activating group) is 1. The molecule has 194 valence electrons. The second-order valence-corrected chi connectivity index (χ2v) is 9.37. The van der Waals surface area contributed by atoms with Gasteiger partial charge in [0.15, 0.2) is 0 Å². The zero-order chi connectivity index (χ0) is 26.6. The molecule has 4 aromatic rings. The van der Waals surface area contributed by atoms with Crippen LogP contribution in [0.25, 0.3) is 11.1 Å². The lowest BCUT2D eigenvalue weighted by Crippen LogP contribution is -2.19. The summed E-state index contributed by atoms with van der Waals surface area (Å²) in [6, 6.07) is 37.6. The highest BCUT2D eigenvalue weighted by Crippen LogP contribution is 2.35. The maximum atomic E-state index is 5.95. The first-order chi connectivity index (χ1) is 18.6. The van der Waals surface area contributed by atoms with Crippen LogP contribution < -0.4 is 4.74 Å². The highest BCUT2D eigenvalue weighted by molar-refractivity contribution is 5.99. The summed E-state index contributed by atoms with van der Waals surface area (Å²) in [5.74, 6) is 0.879. The molecule has 0 heterocycles. The van der Waals surface area contributed by atoms with Crippen LogP contribution >= 0.6 is 0 Å². The van der Waals surface area contributed by atoms with Crippen LogP contribution in [0.3, 0.4) is 0 Å². The molecular weight excluding hydrogens is 468 g/mol. The molecule has 0 amide bonds. The third-order valence-corrected chi connectivity index (χ3v) is 6.25. The normalized spacial score (nSPS) is 12.0. The predicted molar refractivity (Wildman–Crippen MR) is 158 cm³/mol. The van der Waals surface area contributed by atoms with E-state index in [2.05, 4.69) is 89.8 Å². The van der Waals surface area contributed by atoms with E-state index in [4.69, 9.17) is 9.57 Å². The van der Waals surface area contributed by atoms with Gasteiger partial charge in [-0.3, -0.25) is 0 Å². The molecule has 4 aromatic carbocycles. The molecule has 0 unspecified atom stereocenters. The molecule has 0 N–H and O–H groups in total. The molecule has 0 saturated carbocycles. The third kappa shape index (κ3) is 7.67. The van der Waals surface area contributed by atoms with Crippen molar-refractivity contribution in [2.24, 2.45) is 5.16 Å². The number of hydrogen-bond donors (Lipinski definition) is 0. The Morgan fingerprint density at radius 3 is 2.13 bits per heavy atom. The van der Waals surface area contributed by atoms with Crippen molar-refractivity contribution >= 4 is 17.4 Å². The minimum Gasteiger partial charge on any atom is -0.492 e. The van der Waals surface area contributed by atoms with Gasteiger partial charge in [-0.1, -0.05) is 103 Å². The fourth-order valence-corrected chi connectivity index (χ4v) is 4.30. The first-order valence-electron chi connectivity index (χ1n) is 13.1. The number of oxime groups is 1. The monoisotopic (exact) mass is 504 g/mol. The van der Waals surface area contributed by atoms with Gasteiger partial charge in [-0.15, -0.1) is 0 Å². The maximum Gasteiger partial charge on any atom is 0.142 e. The number of nitrogens with zero attached hydrogens (tertiary/aromatic N) is 2. The number of benzene rings is 4. The van der Waals surface area contributed by atoms with Crippen LogP contribution in [0.5, 0.6) is 5.75 Å². The van der Waals surface area contributed by atoms with Crippen molar-refractivity contribution in [3.05, 3.63) is 137 Å². The van der Waals surface area contributed by atoms with Crippen molar-refractivity contribution in [2.45, 2.75) is 20.0 Å². The Hall–Kier alpha value is -4.15. The average molecular weight is 505 g/mol. The van der Waals surface area contributed by atoms with E-state index in [0.29, 0.717) is 13.2 Å². The van der Waals surface area contributed by atoms with E-state index >= 15 is 0 Å². The van der Waals surface area contributed by atoms with Gasteiger partial charge in [0.05, 0.1) is 6.21 Å². The van der Waals surface area contributed by atoms with E-state index in [1.807, 2.05) is 50.5 Å². The zero-order valence-corrected chi connectivity index (χ0v) is 22.5. The number of allylic oxidation sites excluding steroid dienone is 1. The van der Waals surface area contributed by atoms with Gasteiger partial charge in [0.25, 0.3) is 0 Å². The third-order valence-electron chi connectivity index (χ3n) is 6.25. The van der Waals surface area contributed by atoms with Gasteiger partial charge in [0, 0.05) is 6.54 Å². The van der Waals surface area contributed by atoms with Crippen LogP contribution in [-0.4, -0.2) is 38.4 Å². The summed E-state index contributed by atoms with van der Waals surface area (Å²) >= 11 is 0. The van der Waals surface area contributed by atoms with Gasteiger partial charge >= 0.3 is 0 Å². The van der Waals surface area contributed by atoms with E-state index in [1.165, 1.54) is 16.7 Å². The Morgan fingerprint density at radius 1 is 0.763 bits per heavy atom. The molecule has 4 heteroatoms. The molecular formula is C34H36N2O2. The van der Waals surface area contributed by atoms with Gasteiger partial charge in [-0.05, 0) is 77.7 Å². The van der Waals surface area contributed by atoms with Crippen molar-refractivity contribution in [1.82, 2.24) is 4.90 Å². The van der Waals surface area contributed by atoms with Crippen LogP contribution in [0.4, 0.5) is 0 Å². The average Bonchev–Trinajstić information content (AvgIpc) is 2.95. The first kappa shape index (κ1) is 26.9. The molecule has 0 spiro atoms. The van der Waals surface area contributed by atoms with Crippen LogP contribution in [0.1, 0.15) is 41.2 Å². The minimum atomic E-state index is 0.444. The molecule has 0 aliphatic heterocycles. The van der Waals surface area contributed by atoms with E-state index in [0.717, 1.165) is 41.0 Å². The number of ether oxygens (including phenoxy) is 1. The second kappa shape index (κ2) is 14.0. The summed E-state index contributed by atoms with van der Waals surface area (Å²) in [4.78, 5) is 7.66. The van der Waals surface area contributed by atoms with Gasteiger partial charge in [0.1, 0.15) is 19.0 Å².